The molecule has 2 aromatic rings. The Morgan fingerprint density at radius 3 is 2.92 bits per heavy atom. The number of nitriles is 1. The van der Waals surface area contributed by atoms with Crippen LogP contribution in [0.3, 0.4) is 0 Å². The highest BCUT2D eigenvalue weighted by Crippen LogP contribution is 2.15. The van der Waals surface area contributed by atoms with Crippen LogP contribution >= 0.6 is 0 Å². The monoisotopic (exact) mass is 159 g/mol. The summed E-state index contributed by atoms with van der Waals surface area (Å²) in [4.78, 5) is 0.716. The highest BCUT2D eigenvalue weighted by Gasteiger charge is 2.06. The first-order valence-corrected chi connectivity index (χ1v) is 3.40. The van der Waals surface area contributed by atoms with Crippen LogP contribution in [-0.2, 0) is 0 Å². The number of fused-ring (bicyclic) bond motifs is 1. The SMILES string of the molecule is N#Cc1nn(O)c2ccccc12. The minimum Gasteiger partial charge on any atom is -0.411 e. The van der Waals surface area contributed by atoms with Crippen LogP contribution in [0.15, 0.2) is 24.3 Å². The normalized spacial score (nSPS) is 9.92. The zero-order valence-corrected chi connectivity index (χ0v) is 6.10. The Balaban J connectivity index is 2.94. The third-order valence-corrected chi connectivity index (χ3v) is 1.68. The van der Waals surface area contributed by atoms with Crippen molar-refractivity contribution in [3.63, 3.8) is 0 Å². The van der Waals surface area contributed by atoms with Gasteiger partial charge in [0.1, 0.15) is 11.6 Å². The molecule has 1 aromatic heterocycles. The van der Waals surface area contributed by atoms with Crippen molar-refractivity contribution in [1.29, 1.82) is 5.26 Å². The molecule has 12 heavy (non-hydrogen) atoms. The second-order valence-electron chi connectivity index (χ2n) is 2.37. The smallest absolute Gasteiger partial charge is 0.173 e. The predicted octanol–water partition coefficient (Wildman–Crippen LogP) is 1.15. The molecule has 0 unspecified atom stereocenters. The van der Waals surface area contributed by atoms with Gasteiger partial charge in [-0.1, -0.05) is 12.1 Å². The van der Waals surface area contributed by atoms with Crippen molar-refractivity contribution < 1.29 is 5.21 Å². The first-order valence-electron chi connectivity index (χ1n) is 3.40. The van der Waals surface area contributed by atoms with E-state index in [9.17, 15) is 5.21 Å². The molecule has 0 saturated heterocycles. The van der Waals surface area contributed by atoms with E-state index in [-0.39, 0.29) is 5.69 Å². The maximum atomic E-state index is 9.18. The molecule has 0 spiro atoms. The van der Waals surface area contributed by atoms with Gasteiger partial charge in [-0.2, -0.15) is 5.26 Å². The summed E-state index contributed by atoms with van der Waals surface area (Å²) in [5.41, 5.74) is 0.794. The fourth-order valence-corrected chi connectivity index (χ4v) is 1.13. The minimum absolute atomic E-state index is 0.244. The zero-order chi connectivity index (χ0) is 8.55. The van der Waals surface area contributed by atoms with E-state index in [4.69, 9.17) is 5.26 Å². The summed E-state index contributed by atoms with van der Waals surface area (Å²) in [5.74, 6) is 0. The fourth-order valence-electron chi connectivity index (χ4n) is 1.13. The number of para-hydroxylation sites is 1. The van der Waals surface area contributed by atoms with Gasteiger partial charge in [0.15, 0.2) is 5.69 Å². The number of hydrogen-bond acceptors (Lipinski definition) is 3. The summed E-state index contributed by atoms with van der Waals surface area (Å²) in [6.07, 6.45) is 0. The van der Waals surface area contributed by atoms with Gasteiger partial charge in [0, 0.05) is 5.39 Å². The molecule has 0 amide bonds. The predicted molar refractivity (Wildman–Crippen MR) is 41.6 cm³/mol. The second kappa shape index (κ2) is 2.24. The number of benzene rings is 1. The Labute approximate surface area is 68.2 Å². The lowest BCUT2D eigenvalue weighted by atomic mass is 10.2. The Morgan fingerprint density at radius 1 is 1.42 bits per heavy atom. The molecule has 0 atom stereocenters. The Morgan fingerprint density at radius 2 is 2.17 bits per heavy atom. The Bertz CT molecular complexity index is 467. The molecule has 4 nitrogen and oxygen atoms in total. The molecule has 0 fully saturated rings. The molecule has 1 N–H and O–H groups in total. The van der Waals surface area contributed by atoms with Crippen LogP contribution < -0.4 is 0 Å². The van der Waals surface area contributed by atoms with Crippen molar-refractivity contribution >= 4 is 10.9 Å². The Kier molecular flexibility index (Phi) is 1.25. The van der Waals surface area contributed by atoms with Crippen LogP contribution in [0.5, 0.6) is 0 Å². The van der Waals surface area contributed by atoms with Crippen molar-refractivity contribution in [2.45, 2.75) is 0 Å². The molecule has 4 heteroatoms. The lowest BCUT2D eigenvalue weighted by Crippen LogP contribution is -1.91. The van der Waals surface area contributed by atoms with Crippen molar-refractivity contribution in [1.82, 2.24) is 9.94 Å². The molecule has 1 heterocycles. The second-order valence-corrected chi connectivity index (χ2v) is 2.37. The molecule has 0 bridgehead atoms. The maximum absolute atomic E-state index is 9.18. The standard InChI is InChI=1S/C8H5N3O/c9-5-7-6-3-1-2-4-8(6)11(12)10-7/h1-4,12H. The summed E-state index contributed by atoms with van der Waals surface area (Å²) in [7, 11) is 0. The zero-order valence-electron chi connectivity index (χ0n) is 6.10. The summed E-state index contributed by atoms with van der Waals surface area (Å²) in [6.45, 7) is 0. The summed E-state index contributed by atoms with van der Waals surface area (Å²) >= 11 is 0. The van der Waals surface area contributed by atoms with E-state index < -0.39 is 0 Å². The third kappa shape index (κ3) is 0.736. The van der Waals surface area contributed by atoms with Crippen LogP contribution in [-0.4, -0.2) is 15.2 Å². The highest BCUT2D eigenvalue weighted by atomic mass is 16.5. The van der Waals surface area contributed by atoms with Gasteiger partial charge in [0.25, 0.3) is 0 Å². The van der Waals surface area contributed by atoms with Gasteiger partial charge in [0.2, 0.25) is 0 Å². The minimum atomic E-state index is 0.244. The van der Waals surface area contributed by atoms with Gasteiger partial charge < -0.3 is 5.21 Å². The lowest BCUT2D eigenvalue weighted by Gasteiger charge is -1.88. The molecule has 1 aromatic carbocycles. The van der Waals surface area contributed by atoms with Gasteiger partial charge in [-0.05, 0) is 12.1 Å². The molecule has 2 rings (SSSR count). The van der Waals surface area contributed by atoms with Crippen molar-refractivity contribution in [3.8, 4) is 6.07 Å². The van der Waals surface area contributed by atoms with Gasteiger partial charge in [-0.25, -0.2) is 0 Å². The summed E-state index contributed by atoms with van der Waals surface area (Å²) < 4.78 is 0. The van der Waals surface area contributed by atoms with Gasteiger partial charge in [0.05, 0.1) is 0 Å². The lowest BCUT2D eigenvalue weighted by molar-refractivity contribution is 0.161. The number of rotatable bonds is 0. The molecule has 58 valence electrons. The van der Waals surface area contributed by atoms with Gasteiger partial charge in [-0.3, -0.25) is 0 Å². The number of nitrogens with zero attached hydrogens (tertiary/aromatic N) is 3. The average molecular weight is 159 g/mol. The van der Waals surface area contributed by atoms with Crippen molar-refractivity contribution in [3.05, 3.63) is 30.0 Å². The maximum Gasteiger partial charge on any atom is 0.173 e. The quantitative estimate of drug-likeness (QED) is 0.586. The molecule has 0 aliphatic carbocycles. The van der Waals surface area contributed by atoms with E-state index in [1.54, 1.807) is 24.3 Å². The van der Waals surface area contributed by atoms with E-state index in [1.165, 1.54) is 0 Å². The van der Waals surface area contributed by atoms with E-state index in [0.717, 1.165) is 0 Å². The van der Waals surface area contributed by atoms with Crippen LogP contribution in [0.1, 0.15) is 5.69 Å². The van der Waals surface area contributed by atoms with Crippen molar-refractivity contribution in [2.75, 3.05) is 0 Å². The van der Waals surface area contributed by atoms with E-state index in [0.29, 0.717) is 15.7 Å². The summed E-state index contributed by atoms with van der Waals surface area (Å²) in [5, 5.41) is 22.1. The van der Waals surface area contributed by atoms with Gasteiger partial charge >= 0.3 is 0 Å². The van der Waals surface area contributed by atoms with E-state index >= 15 is 0 Å². The van der Waals surface area contributed by atoms with Crippen LogP contribution in [0.2, 0.25) is 0 Å². The van der Waals surface area contributed by atoms with E-state index in [1.807, 2.05) is 6.07 Å². The first kappa shape index (κ1) is 6.68. The molecule has 0 radical (unpaired) electrons. The summed E-state index contributed by atoms with van der Waals surface area (Å²) in [6, 6.07) is 8.91. The third-order valence-electron chi connectivity index (χ3n) is 1.68. The van der Waals surface area contributed by atoms with Gasteiger partial charge in [-0.15, -0.1) is 9.94 Å². The molecule has 0 aliphatic heterocycles. The first-order chi connectivity index (χ1) is 5.83. The van der Waals surface area contributed by atoms with Crippen LogP contribution in [0.4, 0.5) is 0 Å². The van der Waals surface area contributed by atoms with Crippen LogP contribution in [0, 0.1) is 11.3 Å². The highest BCUT2D eigenvalue weighted by molar-refractivity contribution is 5.83. The van der Waals surface area contributed by atoms with E-state index in [2.05, 4.69) is 5.10 Å². The molecular weight excluding hydrogens is 154 g/mol. The molecule has 0 saturated carbocycles. The molecular formula is C8H5N3O. The molecule has 0 aliphatic rings. The average Bonchev–Trinajstić information content (AvgIpc) is 2.44. The number of hydrogen-bond donors (Lipinski definition) is 1. The largest absolute Gasteiger partial charge is 0.411 e. The number of aromatic nitrogens is 2. The topological polar surface area (TPSA) is 61.8 Å². The van der Waals surface area contributed by atoms with Crippen LogP contribution in [0.25, 0.3) is 10.9 Å². The Hall–Kier alpha value is -2.02. The van der Waals surface area contributed by atoms with Crippen molar-refractivity contribution in [2.24, 2.45) is 0 Å². The fraction of sp³-hybridized carbons (Fsp3) is 0.